The number of nitrogens with one attached hydrogen (secondary N) is 3. The highest BCUT2D eigenvalue weighted by Crippen LogP contribution is 2.44. The van der Waals surface area contributed by atoms with E-state index in [0.29, 0.717) is 36.4 Å². The molecule has 4 rings (SSSR count). The van der Waals surface area contributed by atoms with Gasteiger partial charge in [0.25, 0.3) is 11.8 Å². The zero-order valence-corrected chi connectivity index (χ0v) is 26.6. The van der Waals surface area contributed by atoms with Crippen LogP contribution >= 0.6 is 0 Å². The summed E-state index contributed by atoms with van der Waals surface area (Å²) in [7, 11) is 1.25. The van der Waals surface area contributed by atoms with Crippen molar-refractivity contribution in [2.75, 3.05) is 17.7 Å². The molecule has 0 aliphatic carbocycles. The number of alkyl halides is 6. The van der Waals surface area contributed by atoms with Crippen LogP contribution in [0.3, 0.4) is 0 Å². The molecule has 53 heavy (non-hydrogen) atoms. The van der Waals surface area contributed by atoms with E-state index < -0.39 is 92.7 Å². The fourth-order valence-corrected chi connectivity index (χ4v) is 5.04. The molecule has 0 heterocycles. The molecular formula is C35H23F6N3O9. The first-order valence-corrected chi connectivity index (χ1v) is 14.6. The van der Waals surface area contributed by atoms with Gasteiger partial charge >= 0.3 is 30.3 Å². The summed E-state index contributed by atoms with van der Waals surface area (Å²) in [5.74, 6) is -7.72. The Morgan fingerprint density at radius 3 is 1.38 bits per heavy atom. The van der Waals surface area contributed by atoms with Gasteiger partial charge in [-0.25, -0.2) is 14.4 Å². The van der Waals surface area contributed by atoms with Crippen LogP contribution in [-0.4, -0.2) is 58.0 Å². The standard InChI is InChI=1S/C35H23F6N3O9/c1-42-30(48)24-12-16(2-6-22(24)32(50)51)17-3-7-23(33(52)53)25(13-17)31(49)44-19-5-9-21(27(15-19)35(39,40)41)20-8-4-18(14-26(20)34(36,37)38)43-28(45)10-11-29(46)47/h2-15H,1H3,(H,42,48)(H,43,45)(H,44,49)(H,46,47)(H,50,51)(H,52,53)/b11-10-. The average Bonchev–Trinajstić information content (AvgIpc) is 3.09. The third kappa shape index (κ3) is 9.04. The number of halogens is 6. The highest BCUT2D eigenvalue weighted by molar-refractivity contribution is 6.12. The number of amides is 3. The maximum Gasteiger partial charge on any atom is 0.417 e. The molecule has 274 valence electrons. The van der Waals surface area contributed by atoms with Crippen LogP contribution in [0.2, 0.25) is 0 Å². The Bertz CT molecular complexity index is 2210. The van der Waals surface area contributed by atoms with Crippen molar-refractivity contribution in [2.24, 2.45) is 0 Å². The summed E-state index contributed by atoms with van der Waals surface area (Å²) in [6, 6.07) is 10.5. The summed E-state index contributed by atoms with van der Waals surface area (Å²) in [6.45, 7) is 0. The molecule has 4 aromatic carbocycles. The predicted molar refractivity (Wildman–Crippen MR) is 174 cm³/mol. The van der Waals surface area contributed by atoms with Gasteiger partial charge in [0.1, 0.15) is 0 Å². The topological polar surface area (TPSA) is 199 Å². The Kier molecular flexibility index (Phi) is 11.1. The van der Waals surface area contributed by atoms with Crippen LogP contribution in [-0.2, 0) is 21.9 Å². The second-order valence-corrected chi connectivity index (χ2v) is 10.8. The number of rotatable bonds is 10. The molecule has 0 fully saturated rings. The number of carboxylic acid groups (broad SMARTS) is 3. The monoisotopic (exact) mass is 743 g/mol. The van der Waals surface area contributed by atoms with E-state index in [0.717, 1.165) is 30.3 Å². The molecule has 0 saturated heterocycles. The molecule has 0 atom stereocenters. The largest absolute Gasteiger partial charge is 0.478 e. The van der Waals surface area contributed by atoms with Crippen molar-refractivity contribution >= 4 is 47.0 Å². The summed E-state index contributed by atoms with van der Waals surface area (Å²) < 4.78 is 85.5. The summed E-state index contributed by atoms with van der Waals surface area (Å²) in [5.41, 5.74) is -7.84. The van der Waals surface area contributed by atoms with Crippen LogP contribution in [0.1, 0.15) is 52.6 Å². The lowest BCUT2D eigenvalue weighted by Gasteiger charge is -2.20. The Balaban J connectivity index is 1.76. The minimum absolute atomic E-state index is 0.103. The van der Waals surface area contributed by atoms with Gasteiger partial charge in [0, 0.05) is 30.6 Å². The Labute approximate surface area is 293 Å². The van der Waals surface area contributed by atoms with Crippen LogP contribution in [0.25, 0.3) is 22.3 Å². The summed E-state index contributed by atoms with van der Waals surface area (Å²) in [5, 5.41) is 34.2. The SMILES string of the molecule is CNC(=O)c1cc(-c2ccc(C(=O)O)c(C(=O)Nc3ccc(-c4ccc(NC(=O)/C=C\C(=O)O)cc4C(F)(F)F)c(C(F)(F)F)c3)c2)ccc1C(=O)O. The number of anilines is 2. The number of carbonyl (C=O) groups excluding carboxylic acids is 3. The molecule has 0 aliphatic heterocycles. The highest BCUT2D eigenvalue weighted by atomic mass is 19.4. The number of aromatic carboxylic acids is 2. The number of carbonyl (C=O) groups is 6. The summed E-state index contributed by atoms with van der Waals surface area (Å²) in [4.78, 5) is 71.8. The van der Waals surface area contributed by atoms with E-state index in [9.17, 15) is 65.3 Å². The Hall–Kier alpha value is -6.98. The van der Waals surface area contributed by atoms with Crippen molar-refractivity contribution in [3.8, 4) is 22.3 Å². The number of benzene rings is 4. The molecular weight excluding hydrogens is 720 g/mol. The van der Waals surface area contributed by atoms with Crippen molar-refractivity contribution in [3.63, 3.8) is 0 Å². The molecule has 3 amide bonds. The van der Waals surface area contributed by atoms with E-state index in [1.165, 1.54) is 25.2 Å². The minimum atomic E-state index is -5.30. The van der Waals surface area contributed by atoms with Crippen LogP contribution in [0.5, 0.6) is 0 Å². The van der Waals surface area contributed by atoms with E-state index in [1.807, 2.05) is 5.32 Å². The van der Waals surface area contributed by atoms with Gasteiger partial charge in [-0.2, -0.15) is 26.3 Å². The summed E-state index contributed by atoms with van der Waals surface area (Å²) >= 11 is 0. The van der Waals surface area contributed by atoms with E-state index >= 15 is 0 Å². The second-order valence-electron chi connectivity index (χ2n) is 10.8. The van der Waals surface area contributed by atoms with Gasteiger partial charge in [-0.05, 0) is 70.8 Å². The van der Waals surface area contributed by atoms with Crippen molar-refractivity contribution in [1.82, 2.24) is 5.32 Å². The lowest BCUT2D eigenvalue weighted by atomic mass is 9.93. The molecule has 0 bridgehead atoms. The van der Waals surface area contributed by atoms with Gasteiger partial charge in [0.2, 0.25) is 5.91 Å². The fraction of sp³-hybridized carbons (Fsp3) is 0.0857. The van der Waals surface area contributed by atoms with Gasteiger partial charge in [-0.1, -0.05) is 24.3 Å². The second kappa shape index (κ2) is 15.1. The molecule has 6 N–H and O–H groups in total. The average molecular weight is 744 g/mol. The maximum atomic E-state index is 14.4. The number of hydrogen-bond acceptors (Lipinski definition) is 6. The lowest BCUT2D eigenvalue weighted by molar-refractivity contribution is -0.139. The fourth-order valence-electron chi connectivity index (χ4n) is 5.04. The lowest BCUT2D eigenvalue weighted by Crippen LogP contribution is -2.21. The smallest absolute Gasteiger partial charge is 0.417 e. The van der Waals surface area contributed by atoms with Crippen molar-refractivity contribution in [3.05, 3.63) is 118 Å². The molecule has 18 heteroatoms. The molecule has 0 radical (unpaired) electrons. The Morgan fingerprint density at radius 1 is 0.547 bits per heavy atom. The highest BCUT2D eigenvalue weighted by Gasteiger charge is 2.39. The summed E-state index contributed by atoms with van der Waals surface area (Å²) in [6.07, 6.45) is -9.63. The minimum Gasteiger partial charge on any atom is -0.478 e. The Morgan fingerprint density at radius 2 is 0.981 bits per heavy atom. The van der Waals surface area contributed by atoms with E-state index in [4.69, 9.17) is 5.11 Å². The zero-order valence-electron chi connectivity index (χ0n) is 26.6. The molecule has 4 aromatic rings. The number of aliphatic carboxylic acids is 1. The van der Waals surface area contributed by atoms with Crippen molar-refractivity contribution in [1.29, 1.82) is 0 Å². The van der Waals surface area contributed by atoms with Gasteiger partial charge in [-0.15, -0.1) is 0 Å². The third-order valence-electron chi connectivity index (χ3n) is 7.39. The maximum absolute atomic E-state index is 14.4. The first-order chi connectivity index (χ1) is 24.7. The van der Waals surface area contributed by atoms with Crippen molar-refractivity contribution in [2.45, 2.75) is 12.4 Å². The van der Waals surface area contributed by atoms with Gasteiger partial charge < -0.3 is 31.3 Å². The predicted octanol–water partition coefficient (Wildman–Crippen LogP) is 6.65. The van der Waals surface area contributed by atoms with E-state index in [2.05, 4.69) is 10.6 Å². The van der Waals surface area contributed by atoms with Crippen LogP contribution < -0.4 is 16.0 Å². The third-order valence-corrected chi connectivity index (χ3v) is 7.39. The molecule has 12 nitrogen and oxygen atoms in total. The normalized spacial score (nSPS) is 11.5. The van der Waals surface area contributed by atoms with Gasteiger partial charge in [-0.3, -0.25) is 14.4 Å². The molecule has 0 aromatic heterocycles. The molecule has 0 saturated carbocycles. The van der Waals surface area contributed by atoms with E-state index in [1.54, 1.807) is 0 Å². The molecule has 0 aliphatic rings. The van der Waals surface area contributed by atoms with Crippen LogP contribution in [0.15, 0.2) is 84.9 Å². The van der Waals surface area contributed by atoms with Crippen LogP contribution in [0.4, 0.5) is 37.7 Å². The van der Waals surface area contributed by atoms with Crippen LogP contribution in [0, 0.1) is 0 Å². The number of carboxylic acids is 3. The van der Waals surface area contributed by atoms with Crippen molar-refractivity contribution < 1.29 is 70.4 Å². The van der Waals surface area contributed by atoms with E-state index in [-0.39, 0.29) is 22.3 Å². The first kappa shape index (κ1) is 38.8. The molecule has 0 unspecified atom stereocenters. The van der Waals surface area contributed by atoms with Gasteiger partial charge in [0.15, 0.2) is 0 Å². The zero-order chi connectivity index (χ0) is 39.4. The molecule has 0 spiro atoms. The first-order valence-electron chi connectivity index (χ1n) is 14.6. The number of hydrogen-bond donors (Lipinski definition) is 6. The quantitative estimate of drug-likeness (QED) is 0.0761. The van der Waals surface area contributed by atoms with Gasteiger partial charge in [0.05, 0.1) is 33.4 Å².